The molecule has 0 amide bonds. The van der Waals surface area contributed by atoms with Crippen molar-refractivity contribution in [1.29, 1.82) is 0 Å². The Morgan fingerprint density at radius 3 is 2.61 bits per heavy atom. The summed E-state index contributed by atoms with van der Waals surface area (Å²) in [5, 5.41) is 9.54. The summed E-state index contributed by atoms with van der Waals surface area (Å²) < 4.78 is 0.225. The first-order chi connectivity index (χ1) is 8.58. The van der Waals surface area contributed by atoms with Crippen molar-refractivity contribution in [2.75, 3.05) is 5.43 Å². The zero-order chi connectivity index (χ0) is 13.1. The molecule has 2 aromatic rings. The van der Waals surface area contributed by atoms with E-state index in [9.17, 15) is 14.9 Å². The Hall–Kier alpha value is -2.22. The van der Waals surface area contributed by atoms with E-state index in [1.807, 2.05) is 11.5 Å². The maximum Gasteiger partial charge on any atom is 0.267 e. The number of hydrazine groups is 1. The summed E-state index contributed by atoms with van der Waals surface area (Å²) in [6, 6.07) is 8.89. The summed E-state index contributed by atoms with van der Waals surface area (Å²) in [6.07, 6.45) is 0. The van der Waals surface area contributed by atoms with Crippen molar-refractivity contribution < 1.29 is 5.03 Å². The van der Waals surface area contributed by atoms with Crippen LogP contribution in [0.15, 0.2) is 39.6 Å². The van der Waals surface area contributed by atoms with Crippen LogP contribution in [0.1, 0.15) is 0 Å². The van der Waals surface area contributed by atoms with Crippen molar-refractivity contribution >= 4 is 21.9 Å². The van der Waals surface area contributed by atoms with Crippen LogP contribution < -0.4 is 11.0 Å². The molecule has 1 heterocycles. The van der Waals surface area contributed by atoms with E-state index in [1.54, 1.807) is 24.3 Å². The standard InChI is InChI=1S/C10H7BrN4O3/c11-7-8(6-4-2-1-3-5-6)12-10(13-9(7)16)14-15(17)18/h1-5H,(H2,12,13,14,16). The van der Waals surface area contributed by atoms with Crippen molar-refractivity contribution in [2.24, 2.45) is 0 Å². The predicted molar refractivity (Wildman–Crippen MR) is 68.6 cm³/mol. The molecule has 0 saturated heterocycles. The van der Waals surface area contributed by atoms with E-state index in [1.165, 1.54) is 0 Å². The van der Waals surface area contributed by atoms with Gasteiger partial charge in [0.1, 0.15) is 4.47 Å². The zero-order valence-corrected chi connectivity index (χ0v) is 10.5. The van der Waals surface area contributed by atoms with Crippen LogP contribution >= 0.6 is 15.9 Å². The largest absolute Gasteiger partial charge is 0.287 e. The van der Waals surface area contributed by atoms with Crippen molar-refractivity contribution in [3.8, 4) is 11.3 Å². The molecular formula is C10H7BrN4O3. The average Bonchev–Trinajstić information content (AvgIpc) is 2.34. The summed E-state index contributed by atoms with van der Waals surface area (Å²) in [4.78, 5) is 28.2. The van der Waals surface area contributed by atoms with Gasteiger partial charge in [-0.3, -0.25) is 9.78 Å². The van der Waals surface area contributed by atoms with Gasteiger partial charge in [-0.2, -0.15) is 0 Å². The normalized spacial score (nSPS) is 10.1. The van der Waals surface area contributed by atoms with E-state index in [2.05, 4.69) is 25.9 Å². The second kappa shape index (κ2) is 4.96. The minimum Gasteiger partial charge on any atom is -0.287 e. The molecule has 0 aliphatic carbocycles. The van der Waals surface area contributed by atoms with Gasteiger partial charge < -0.3 is 0 Å². The minimum atomic E-state index is -0.791. The fraction of sp³-hybridized carbons (Fsp3) is 0. The van der Waals surface area contributed by atoms with Gasteiger partial charge >= 0.3 is 0 Å². The minimum absolute atomic E-state index is 0.216. The third-order valence-corrected chi connectivity index (χ3v) is 2.84. The van der Waals surface area contributed by atoms with Crippen LogP contribution in [0.5, 0.6) is 0 Å². The fourth-order valence-electron chi connectivity index (χ4n) is 1.39. The predicted octanol–water partition coefficient (Wildman–Crippen LogP) is 1.80. The number of aromatic nitrogens is 2. The Morgan fingerprint density at radius 1 is 1.33 bits per heavy atom. The number of nitrogens with zero attached hydrogens (tertiary/aromatic N) is 2. The van der Waals surface area contributed by atoms with Gasteiger partial charge in [-0.15, -0.1) is 0 Å². The number of H-pyrrole nitrogens is 1. The molecule has 0 radical (unpaired) electrons. The van der Waals surface area contributed by atoms with Gasteiger partial charge in [0.05, 0.1) is 5.69 Å². The molecule has 2 N–H and O–H groups in total. The van der Waals surface area contributed by atoms with Gasteiger partial charge in [-0.1, -0.05) is 35.8 Å². The fourth-order valence-corrected chi connectivity index (χ4v) is 1.80. The van der Waals surface area contributed by atoms with Crippen LogP contribution in [0.2, 0.25) is 0 Å². The number of nitrogens with one attached hydrogen (secondary N) is 2. The monoisotopic (exact) mass is 310 g/mol. The van der Waals surface area contributed by atoms with Crippen molar-refractivity contribution in [3.63, 3.8) is 0 Å². The molecule has 0 spiro atoms. The highest BCUT2D eigenvalue weighted by Crippen LogP contribution is 2.23. The maximum absolute atomic E-state index is 11.6. The highest BCUT2D eigenvalue weighted by Gasteiger charge is 2.12. The molecule has 1 aromatic heterocycles. The van der Waals surface area contributed by atoms with Crippen LogP contribution in [-0.2, 0) is 0 Å². The first kappa shape index (κ1) is 12.2. The van der Waals surface area contributed by atoms with Crippen molar-refractivity contribution in [3.05, 3.63) is 55.3 Å². The highest BCUT2D eigenvalue weighted by molar-refractivity contribution is 9.10. The van der Waals surface area contributed by atoms with Crippen LogP contribution in [0, 0.1) is 10.1 Å². The second-order valence-corrected chi connectivity index (χ2v) is 4.11. The van der Waals surface area contributed by atoms with Gasteiger partial charge in [-0.05, 0) is 15.9 Å². The Bertz CT molecular complexity index is 641. The average molecular weight is 311 g/mol. The molecule has 0 atom stereocenters. The topological polar surface area (TPSA) is 101 Å². The summed E-state index contributed by atoms with van der Waals surface area (Å²) in [7, 11) is 0. The molecule has 1 aromatic carbocycles. The van der Waals surface area contributed by atoms with Crippen LogP contribution in [-0.4, -0.2) is 15.0 Å². The van der Waals surface area contributed by atoms with E-state index in [0.717, 1.165) is 0 Å². The van der Waals surface area contributed by atoms with Gasteiger partial charge in [0.25, 0.3) is 11.5 Å². The van der Waals surface area contributed by atoms with Gasteiger partial charge in [0, 0.05) is 5.56 Å². The molecule has 0 bridgehead atoms. The lowest BCUT2D eigenvalue weighted by Gasteiger charge is -2.04. The molecule has 0 aliphatic rings. The molecule has 0 saturated carbocycles. The lowest BCUT2D eigenvalue weighted by Crippen LogP contribution is -2.18. The lowest BCUT2D eigenvalue weighted by atomic mass is 10.1. The Kier molecular flexibility index (Phi) is 3.38. The Balaban J connectivity index is 2.56. The number of aromatic amines is 1. The first-order valence-corrected chi connectivity index (χ1v) is 5.63. The summed E-state index contributed by atoms with van der Waals surface area (Å²) in [5.74, 6) is -0.216. The molecule has 0 aliphatic heterocycles. The number of rotatable bonds is 3. The number of halogens is 1. The Labute approximate surface area is 109 Å². The van der Waals surface area contributed by atoms with E-state index in [-0.39, 0.29) is 10.4 Å². The SMILES string of the molecule is O=c1[nH]c(N[N+](=O)[O-])nc(-c2ccccc2)c1Br. The number of anilines is 1. The van der Waals surface area contributed by atoms with Gasteiger partial charge in [0.15, 0.2) is 5.03 Å². The first-order valence-electron chi connectivity index (χ1n) is 4.84. The molecule has 2 rings (SSSR count). The van der Waals surface area contributed by atoms with E-state index >= 15 is 0 Å². The van der Waals surface area contributed by atoms with E-state index in [4.69, 9.17) is 0 Å². The maximum atomic E-state index is 11.6. The van der Waals surface area contributed by atoms with Crippen molar-refractivity contribution in [1.82, 2.24) is 9.97 Å². The molecule has 0 fully saturated rings. The number of nitro groups is 1. The number of benzene rings is 1. The smallest absolute Gasteiger partial charge is 0.267 e. The molecule has 18 heavy (non-hydrogen) atoms. The lowest BCUT2D eigenvalue weighted by molar-refractivity contribution is -0.446. The molecular weight excluding hydrogens is 304 g/mol. The third-order valence-electron chi connectivity index (χ3n) is 2.11. The molecule has 8 heteroatoms. The summed E-state index contributed by atoms with van der Waals surface area (Å²) in [5.41, 5.74) is 2.34. The highest BCUT2D eigenvalue weighted by atomic mass is 79.9. The molecule has 0 unspecified atom stereocenters. The summed E-state index contributed by atoms with van der Waals surface area (Å²) >= 11 is 3.11. The van der Waals surface area contributed by atoms with Crippen LogP contribution in [0.25, 0.3) is 11.3 Å². The van der Waals surface area contributed by atoms with E-state index in [0.29, 0.717) is 11.3 Å². The molecule has 7 nitrogen and oxygen atoms in total. The quantitative estimate of drug-likeness (QED) is 0.665. The number of hydrogen-bond donors (Lipinski definition) is 2. The second-order valence-electron chi connectivity index (χ2n) is 3.31. The van der Waals surface area contributed by atoms with E-state index < -0.39 is 10.6 Å². The number of hydrogen-bond acceptors (Lipinski definition) is 4. The molecule has 92 valence electrons. The van der Waals surface area contributed by atoms with Crippen LogP contribution in [0.4, 0.5) is 5.95 Å². The summed E-state index contributed by atoms with van der Waals surface area (Å²) in [6.45, 7) is 0. The van der Waals surface area contributed by atoms with Gasteiger partial charge in [-0.25, -0.2) is 15.1 Å². The van der Waals surface area contributed by atoms with Crippen molar-refractivity contribution in [2.45, 2.75) is 0 Å². The van der Waals surface area contributed by atoms with Crippen LogP contribution in [0.3, 0.4) is 0 Å². The zero-order valence-electron chi connectivity index (χ0n) is 8.88. The Morgan fingerprint density at radius 2 is 2.00 bits per heavy atom. The third kappa shape index (κ3) is 2.54. The van der Waals surface area contributed by atoms with Gasteiger partial charge in [0.2, 0.25) is 0 Å².